The highest BCUT2D eigenvalue weighted by atomic mass is 16.6. The smallest absolute Gasteiger partial charge is 0.407 e. The summed E-state index contributed by atoms with van der Waals surface area (Å²) in [5, 5.41) is 2.89. The van der Waals surface area contributed by atoms with Crippen molar-refractivity contribution in [1.82, 2.24) is 5.32 Å². The van der Waals surface area contributed by atoms with Gasteiger partial charge in [0.2, 0.25) is 0 Å². The summed E-state index contributed by atoms with van der Waals surface area (Å²) < 4.78 is 29.4. The van der Waals surface area contributed by atoms with Crippen molar-refractivity contribution < 1.29 is 28.5 Å². The van der Waals surface area contributed by atoms with E-state index in [-0.39, 0.29) is 25.7 Å². The molecule has 0 spiro atoms. The Bertz CT molecular complexity index is 1680. The van der Waals surface area contributed by atoms with Gasteiger partial charge in [0.25, 0.3) is 0 Å². The van der Waals surface area contributed by atoms with Crippen LogP contribution in [0.5, 0.6) is 11.5 Å². The van der Waals surface area contributed by atoms with Gasteiger partial charge in [-0.2, -0.15) is 0 Å². The summed E-state index contributed by atoms with van der Waals surface area (Å²) in [5.41, 5.74) is 6.46. The predicted molar refractivity (Wildman–Crippen MR) is 182 cm³/mol. The number of carbonyl (C=O) groups is 1. The summed E-state index contributed by atoms with van der Waals surface area (Å²) in [6.07, 6.45) is -0.969. The summed E-state index contributed by atoms with van der Waals surface area (Å²) >= 11 is 0. The number of hydrogen-bond donors (Lipinski definition) is 1. The Morgan fingerprint density at radius 2 is 1.15 bits per heavy atom. The van der Waals surface area contributed by atoms with Gasteiger partial charge in [-0.3, -0.25) is 0 Å². The number of methoxy groups -OCH3 is 3. The number of amides is 1. The molecule has 1 aliphatic carbocycles. The highest BCUT2D eigenvalue weighted by Crippen LogP contribution is 2.45. The average molecular weight is 630 g/mol. The van der Waals surface area contributed by atoms with E-state index < -0.39 is 17.8 Å². The van der Waals surface area contributed by atoms with Crippen LogP contribution in [0.1, 0.15) is 33.7 Å². The van der Waals surface area contributed by atoms with Crippen molar-refractivity contribution in [3.8, 4) is 22.6 Å². The molecule has 0 aliphatic heterocycles. The predicted octanol–water partition coefficient (Wildman–Crippen LogP) is 7.57. The fraction of sp³-hybridized carbons (Fsp3) is 0.225. The molecule has 47 heavy (non-hydrogen) atoms. The first-order valence-electron chi connectivity index (χ1n) is 15.7. The lowest BCUT2D eigenvalue weighted by atomic mass is 9.80. The van der Waals surface area contributed by atoms with Crippen molar-refractivity contribution >= 4 is 6.09 Å². The Morgan fingerprint density at radius 1 is 0.660 bits per heavy atom. The number of fused-ring (bicyclic) bond motifs is 3. The molecule has 7 nitrogen and oxygen atoms in total. The zero-order valence-corrected chi connectivity index (χ0v) is 26.8. The first-order valence-corrected chi connectivity index (χ1v) is 15.7. The molecule has 240 valence electrons. The Labute approximate surface area is 276 Å². The minimum Gasteiger partial charge on any atom is -0.497 e. The molecule has 0 saturated heterocycles. The van der Waals surface area contributed by atoms with Crippen molar-refractivity contribution in [1.29, 1.82) is 0 Å². The zero-order chi connectivity index (χ0) is 32.6. The number of nitrogens with one attached hydrogen (secondary N) is 1. The van der Waals surface area contributed by atoms with E-state index in [1.807, 2.05) is 103 Å². The van der Waals surface area contributed by atoms with Crippen LogP contribution in [-0.2, 0) is 19.8 Å². The van der Waals surface area contributed by atoms with Crippen LogP contribution in [0.4, 0.5) is 4.79 Å². The molecule has 0 radical (unpaired) electrons. The molecule has 0 bridgehead atoms. The molecule has 0 saturated carbocycles. The molecular formula is C40H39NO6. The number of ether oxygens (including phenoxy) is 5. The summed E-state index contributed by atoms with van der Waals surface area (Å²) in [5.74, 6) is 1.47. The van der Waals surface area contributed by atoms with Crippen molar-refractivity contribution in [2.24, 2.45) is 0 Å². The lowest BCUT2D eigenvalue weighted by Crippen LogP contribution is -2.40. The van der Waals surface area contributed by atoms with Crippen LogP contribution in [0.15, 0.2) is 127 Å². The Hall–Kier alpha value is -5.11. The third kappa shape index (κ3) is 6.59. The fourth-order valence-electron chi connectivity index (χ4n) is 6.35. The Balaban J connectivity index is 1.19. The molecule has 1 atom stereocenters. The molecule has 1 N–H and O–H groups in total. The van der Waals surface area contributed by atoms with E-state index in [9.17, 15) is 4.79 Å². The number of benzene rings is 5. The van der Waals surface area contributed by atoms with Crippen LogP contribution >= 0.6 is 0 Å². The van der Waals surface area contributed by atoms with E-state index in [1.54, 1.807) is 21.3 Å². The summed E-state index contributed by atoms with van der Waals surface area (Å²) in [7, 11) is 4.90. The molecule has 6 rings (SSSR count). The number of hydrogen-bond acceptors (Lipinski definition) is 6. The van der Waals surface area contributed by atoms with E-state index >= 15 is 0 Å². The molecule has 1 amide bonds. The van der Waals surface area contributed by atoms with Crippen molar-refractivity contribution in [3.63, 3.8) is 0 Å². The fourth-order valence-corrected chi connectivity index (χ4v) is 6.35. The van der Waals surface area contributed by atoms with Crippen LogP contribution in [0.25, 0.3) is 11.1 Å². The maximum atomic E-state index is 13.0. The van der Waals surface area contributed by atoms with Crippen molar-refractivity contribution in [2.75, 3.05) is 41.1 Å². The lowest BCUT2D eigenvalue weighted by Gasteiger charge is -2.37. The number of alkyl carbamates (subject to hydrolysis) is 1. The second kappa shape index (κ2) is 14.5. The SMILES string of the molecule is COc1ccc(C(OCC(CNC(=O)OCC2c3ccccc3-c3ccccc32)OC)(c2ccccc2)c2ccc(OC)cc2)cc1. The molecule has 7 heteroatoms. The Morgan fingerprint density at radius 3 is 1.66 bits per heavy atom. The quantitative estimate of drug-likeness (QED) is 0.136. The van der Waals surface area contributed by atoms with Gasteiger partial charge in [0.1, 0.15) is 23.7 Å². The van der Waals surface area contributed by atoms with E-state index in [2.05, 4.69) is 29.6 Å². The van der Waals surface area contributed by atoms with Crippen LogP contribution in [0.3, 0.4) is 0 Å². The zero-order valence-electron chi connectivity index (χ0n) is 26.8. The Kier molecular flexibility index (Phi) is 9.86. The highest BCUT2D eigenvalue weighted by molar-refractivity contribution is 5.79. The van der Waals surface area contributed by atoms with Gasteiger partial charge in [0.15, 0.2) is 0 Å². The summed E-state index contributed by atoms with van der Waals surface area (Å²) in [6, 6.07) is 42.3. The molecule has 0 aromatic heterocycles. The number of carbonyl (C=O) groups excluding carboxylic acids is 1. The molecule has 1 unspecified atom stereocenters. The van der Waals surface area contributed by atoms with Gasteiger partial charge in [-0.25, -0.2) is 4.79 Å². The van der Waals surface area contributed by atoms with Gasteiger partial charge < -0.3 is 29.0 Å². The van der Waals surface area contributed by atoms with Crippen LogP contribution in [0, 0.1) is 0 Å². The van der Waals surface area contributed by atoms with E-state index in [1.165, 1.54) is 22.3 Å². The average Bonchev–Trinajstić information content (AvgIpc) is 3.46. The van der Waals surface area contributed by atoms with Crippen LogP contribution in [-0.4, -0.2) is 53.3 Å². The first kappa shape index (κ1) is 31.9. The second-order valence-corrected chi connectivity index (χ2v) is 11.4. The van der Waals surface area contributed by atoms with Crippen LogP contribution in [0.2, 0.25) is 0 Å². The van der Waals surface area contributed by atoms with Gasteiger partial charge >= 0.3 is 6.09 Å². The minimum absolute atomic E-state index is 0.0183. The van der Waals surface area contributed by atoms with Crippen molar-refractivity contribution in [3.05, 3.63) is 155 Å². The minimum atomic E-state index is -1.000. The highest BCUT2D eigenvalue weighted by Gasteiger charge is 2.38. The molecular weight excluding hydrogens is 590 g/mol. The molecule has 5 aromatic carbocycles. The monoisotopic (exact) mass is 629 g/mol. The topological polar surface area (TPSA) is 75.3 Å². The second-order valence-electron chi connectivity index (χ2n) is 11.4. The largest absolute Gasteiger partial charge is 0.497 e. The summed E-state index contributed by atoms with van der Waals surface area (Å²) in [4.78, 5) is 13.0. The van der Waals surface area contributed by atoms with E-state index in [4.69, 9.17) is 23.7 Å². The third-order valence-corrected chi connectivity index (χ3v) is 8.81. The van der Waals surface area contributed by atoms with Gasteiger partial charge in [-0.1, -0.05) is 103 Å². The molecule has 1 aliphatic rings. The van der Waals surface area contributed by atoms with E-state index in [0.717, 1.165) is 28.2 Å². The maximum Gasteiger partial charge on any atom is 0.407 e. The molecule has 5 aromatic rings. The number of rotatable bonds is 13. The van der Waals surface area contributed by atoms with Gasteiger partial charge in [-0.05, 0) is 63.2 Å². The molecule has 0 heterocycles. The van der Waals surface area contributed by atoms with Gasteiger partial charge in [0, 0.05) is 19.6 Å². The third-order valence-electron chi connectivity index (χ3n) is 8.81. The standard InChI is InChI=1S/C40H39NO6/c1-43-31-21-17-29(18-22-31)40(28-11-5-4-6-12-28,30-19-23-32(44-2)24-20-30)47-26-33(45-3)25-41-39(42)46-27-38-36-15-9-7-13-34(36)35-14-8-10-16-37(35)38/h4-24,33,38H,25-27H2,1-3H3,(H,41,42). The normalized spacial score (nSPS) is 12.9. The van der Waals surface area contributed by atoms with Gasteiger partial charge in [0.05, 0.1) is 26.9 Å². The summed E-state index contributed by atoms with van der Waals surface area (Å²) in [6.45, 7) is 0.608. The van der Waals surface area contributed by atoms with E-state index in [0.29, 0.717) is 0 Å². The van der Waals surface area contributed by atoms with Gasteiger partial charge in [-0.15, -0.1) is 0 Å². The first-order chi connectivity index (χ1) is 23.1. The molecule has 0 fully saturated rings. The lowest BCUT2D eigenvalue weighted by molar-refractivity contribution is -0.0504. The van der Waals surface area contributed by atoms with Crippen LogP contribution < -0.4 is 14.8 Å². The van der Waals surface area contributed by atoms with Crippen molar-refractivity contribution in [2.45, 2.75) is 17.6 Å². The maximum absolute atomic E-state index is 13.0.